The Morgan fingerprint density at radius 3 is 2.70 bits per heavy atom. The van der Waals surface area contributed by atoms with Crippen LogP contribution in [0.5, 0.6) is 17.2 Å². The number of carbonyl (C=O) groups is 1. The first kappa shape index (κ1) is 19.8. The number of nitriles is 1. The van der Waals surface area contributed by atoms with Crippen molar-refractivity contribution in [3.63, 3.8) is 0 Å². The van der Waals surface area contributed by atoms with Crippen LogP contribution in [0.1, 0.15) is 5.56 Å². The molecule has 9 heteroatoms. The average Bonchev–Trinajstić information content (AvgIpc) is 2.64. The van der Waals surface area contributed by atoms with Crippen molar-refractivity contribution in [2.24, 2.45) is 0 Å². The molecular weight excluding hydrogens is 376 g/mol. The van der Waals surface area contributed by atoms with E-state index in [2.05, 4.69) is 0 Å². The summed E-state index contributed by atoms with van der Waals surface area (Å²) in [6, 6.07) is 10.4. The molecule has 0 aromatic heterocycles. The van der Waals surface area contributed by atoms with Crippen LogP contribution in [0.15, 0.2) is 42.5 Å². The van der Waals surface area contributed by atoms with Gasteiger partial charge in [0, 0.05) is 18.2 Å². The van der Waals surface area contributed by atoms with Gasteiger partial charge in [-0.15, -0.1) is 0 Å². The Kier molecular flexibility index (Phi) is 6.74. The normalized spacial score (nSPS) is 10.3. The van der Waals surface area contributed by atoms with Crippen LogP contribution in [-0.4, -0.2) is 24.6 Å². The summed E-state index contributed by atoms with van der Waals surface area (Å²) in [7, 11) is 1.45. The lowest BCUT2D eigenvalue weighted by atomic mass is 10.2. The molecule has 0 aliphatic rings. The first-order valence-electron chi connectivity index (χ1n) is 7.46. The second kappa shape index (κ2) is 9.22. The molecular formula is C18H13ClN2O6. The van der Waals surface area contributed by atoms with E-state index in [0.717, 1.165) is 6.07 Å². The van der Waals surface area contributed by atoms with Gasteiger partial charge in [0.15, 0.2) is 18.1 Å². The van der Waals surface area contributed by atoms with Crippen molar-refractivity contribution in [3.8, 4) is 23.3 Å². The minimum absolute atomic E-state index is 0.0816. The van der Waals surface area contributed by atoms with Gasteiger partial charge < -0.3 is 14.2 Å². The maximum atomic E-state index is 11.9. The number of hydrogen-bond acceptors (Lipinski definition) is 7. The monoisotopic (exact) mass is 388 g/mol. The molecule has 27 heavy (non-hydrogen) atoms. The van der Waals surface area contributed by atoms with Crippen LogP contribution in [0.2, 0.25) is 5.02 Å². The summed E-state index contributed by atoms with van der Waals surface area (Å²) in [5.41, 5.74) is 0.354. The van der Waals surface area contributed by atoms with Gasteiger partial charge >= 0.3 is 5.97 Å². The van der Waals surface area contributed by atoms with Crippen LogP contribution in [-0.2, 0) is 4.79 Å². The van der Waals surface area contributed by atoms with Crippen LogP contribution >= 0.6 is 11.6 Å². The van der Waals surface area contributed by atoms with E-state index < -0.39 is 10.9 Å². The standard InChI is InChI=1S/C18H13ClN2O6/c1-25-17-10-12(2-6-16(17)26-9-8-20)3-7-18(22)27-13-4-5-15(21(23)24)14(19)11-13/h2-7,10-11H,9H2,1H3/b7-3+. The molecule has 0 fully saturated rings. The highest BCUT2D eigenvalue weighted by atomic mass is 35.5. The van der Waals surface area contributed by atoms with E-state index in [9.17, 15) is 14.9 Å². The maximum Gasteiger partial charge on any atom is 0.336 e. The summed E-state index contributed by atoms with van der Waals surface area (Å²) < 4.78 is 15.4. The Hall–Kier alpha value is -3.57. The number of nitro benzene ring substituents is 1. The summed E-state index contributed by atoms with van der Waals surface area (Å²) in [5, 5.41) is 19.1. The van der Waals surface area contributed by atoms with E-state index in [1.165, 1.54) is 31.4 Å². The topological polar surface area (TPSA) is 112 Å². The molecule has 138 valence electrons. The number of carbonyl (C=O) groups excluding carboxylic acids is 1. The molecule has 2 aromatic rings. The number of benzene rings is 2. The van der Waals surface area contributed by atoms with Crippen LogP contribution in [0.4, 0.5) is 5.69 Å². The summed E-state index contributed by atoms with van der Waals surface area (Å²) in [5.74, 6) is 0.198. The van der Waals surface area contributed by atoms with E-state index in [1.807, 2.05) is 6.07 Å². The number of hydrogen-bond donors (Lipinski definition) is 0. The minimum atomic E-state index is -0.691. The van der Waals surface area contributed by atoms with Gasteiger partial charge in [-0.1, -0.05) is 17.7 Å². The highest BCUT2D eigenvalue weighted by Crippen LogP contribution is 2.29. The first-order chi connectivity index (χ1) is 12.9. The van der Waals surface area contributed by atoms with Crippen LogP contribution in [0.3, 0.4) is 0 Å². The summed E-state index contributed by atoms with van der Waals surface area (Å²) in [4.78, 5) is 22.0. The van der Waals surface area contributed by atoms with Crippen molar-refractivity contribution in [1.82, 2.24) is 0 Å². The van der Waals surface area contributed by atoms with E-state index in [4.69, 9.17) is 31.1 Å². The Bertz CT molecular complexity index is 936. The van der Waals surface area contributed by atoms with E-state index in [0.29, 0.717) is 17.1 Å². The summed E-state index contributed by atoms with van der Waals surface area (Å²) in [6.07, 6.45) is 2.67. The van der Waals surface area contributed by atoms with Crippen molar-refractivity contribution in [3.05, 3.63) is 63.2 Å². The number of esters is 1. The van der Waals surface area contributed by atoms with Gasteiger partial charge in [0.05, 0.1) is 12.0 Å². The fraction of sp³-hybridized carbons (Fsp3) is 0.111. The van der Waals surface area contributed by atoms with Gasteiger partial charge in [-0.3, -0.25) is 10.1 Å². The zero-order valence-corrected chi connectivity index (χ0v) is 14.8. The number of nitrogens with zero attached hydrogens (tertiary/aromatic N) is 2. The molecule has 0 bridgehead atoms. The Labute approximate surface area is 159 Å². The molecule has 0 saturated heterocycles. The number of rotatable bonds is 7. The van der Waals surface area contributed by atoms with E-state index >= 15 is 0 Å². The third kappa shape index (κ3) is 5.45. The SMILES string of the molecule is COc1cc(/C=C/C(=O)Oc2ccc([N+](=O)[O-])c(Cl)c2)ccc1OCC#N. The average molecular weight is 389 g/mol. The molecule has 0 N–H and O–H groups in total. The van der Waals surface area contributed by atoms with Crippen LogP contribution in [0.25, 0.3) is 6.08 Å². The van der Waals surface area contributed by atoms with Crippen molar-refractivity contribution in [1.29, 1.82) is 5.26 Å². The molecule has 0 heterocycles. The Balaban J connectivity index is 2.07. The molecule has 0 aliphatic carbocycles. The van der Waals surface area contributed by atoms with Gasteiger partial charge in [-0.2, -0.15) is 5.26 Å². The van der Waals surface area contributed by atoms with Crippen molar-refractivity contribution in [2.45, 2.75) is 0 Å². The molecule has 0 atom stereocenters. The number of methoxy groups -OCH3 is 1. The zero-order chi connectivity index (χ0) is 19.8. The molecule has 2 aromatic carbocycles. The number of nitro groups is 1. The molecule has 8 nitrogen and oxygen atoms in total. The second-order valence-electron chi connectivity index (χ2n) is 4.98. The van der Waals surface area contributed by atoms with E-state index in [-0.39, 0.29) is 23.1 Å². The quantitative estimate of drug-likeness (QED) is 0.233. The fourth-order valence-corrected chi connectivity index (χ4v) is 2.27. The maximum absolute atomic E-state index is 11.9. The smallest absolute Gasteiger partial charge is 0.336 e. The number of halogens is 1. The van der Waals surface area contributed by atoms with Crippen molar-refractivity contribution >= 4 is 29.3 Å². The van der Waals surface area contributed by atoms with Crippen LogP contribution < -0.4 is 14.2 Å². The lowest BCUT2D eigenvalue weighted by Gasteiger charge is -2.08. The third-order valence-electron chi connectivity index (χ3n) is 3.23. The van der Waals surface area contributed by atoms with Gasteiger partial charge in [0.2, 0.25) is 0 Å². The number of ether oxygens (including phenoxy) is 3. The van der Waals surface area contributed by atoms with Crippen molar-refractivity contribution in [2.75, 3.05) is 13.7 Å². The highest BCUT2D eigenvalue weighted by molar-refractivity contribution is 6.32. The predicted octanol–water partition coefficient (Wildman–Crippen LogP) is 3.78. The van der Waals surface area contributed by atoms with Gasteiger partial charge in [0.1, 0.15) is 16.8 Å². The first-order valence-corrected chi connectivity index (χ1v) is 7.84. The predicted molar refractivity (Wildman–Crippen MR) is 96.9 cm³/mol. The van der Waals surface area contributed by atoms with Crippen molar-refractivity contribution < 1.29 is 23.9 Å². The summed E-state index contributed by atoms with van der Waals surface area (Å²) >= 11 is 5.77. The fourth-order valence-electron chi connectivity index (χ4n) is 2.03. The van der Waals surface area contributed by atoms with Gasteiger partial charge in [-0.05, 0) is 29.8 Å². The zero-order valence-electron chi connectivity index (χ0n) is 14.0. The summed E-state index contributed by atoms with van der Waals surface area (Å²) in [6.45, 7) is -0.115. The molecule has 0 saturated carbocycles. The lowest BCUT2D eigenvalue weighted by molar-refractivity contribution is -0.384. The second-order valence-corrected chi connectivity index (χ2v) is 5.39. The molecule has 0 aliphatic heterocycles. The Morgan fingerprint density at radius 2 is 2.07 bits per heavy atom. The molecule has 0 unspecified atom stereocenters. The minimum Gasteiger partial charge on any atom is -0.493 e. The molecule has 2 rings (SSSR count). The Morgan fingerprint density at radius 1 is 1.30 bits per heavy atom. The molecule has 0 radical (unpaired) electrons. The molecule has 0 spiro atoms. The van der Waals surface area contributed by atoms with Gasteiger partial charge in [0.25, 0.3) is 5.69 Å². The van der Waals surface area contributed by atoms with E-state index in [1.54, 1.807) is 18.2 Å². The lowest BCUT2D eigenvalue weighted by Crippen LogP contribution is -2.04. The van der Waals surface area contributed by atoms with Crippen LogP contribution in [0, 0.1) is 21.4 Å². The molecule has 0 amide bonds. The third-order valence-corrected chi connectivity index (χ3v) is 3.53. The van der Waals surface area contributed by atoms with Gasteiger partial charge in [-0.25, -0.2) is 4.79 Å². The largest absolute Gasteiger partial charge is 0.493 e. The highest BCUT2D eigenvalue weighted by Gasteiger charge is 2.13.